The quantitative estimate of drug-likeness (QED) is 0.787. The first-order valence-electron chi connectivity index (χ1n) is 5.35. The van der Waals surface area contributed by atoms with Gasteiger partial charge in [0.15, 0.2) is 6.10 Å². The number of halogens is 3. The Morgan fingerprint density at radius 2 is 1.94 bits per heavy atom. The lowest BCUT2D eigenvalue weighted by atomic mass is 9.94. The Morgan fingerprint density at radius 3 is 2.44 bits per heavy atom. The van der Waals surface area contributed by atoms with Gasteiger partial charge in [0.25, 0.3) is 6.43 Å². The topological polar surface area (TPSA) is 57.5 Å². The molecule has 0 fully saturated rings. The maximum absolute atomic E-state index is 12.8. The molecule has 0 radical (unpaired) electrons. The lowest BCUT2D eigenvalue weighted by molar-refractivity contribution is -0.147. The lowest BCUT2D eigenvalue weighted by Crippen LogP contribution is -2.14. The van der Waals surface area contributed by atoms with Crippen molar-refractivity contribution in [3.63, 3.8) is 0 Å². The molecule has 0 saturated heterocycles. The summed E-state index contributed by atoms with van der Waals surface area (Å²) in [5.41, 5.74) is -0.0774. The summed E-state index contributed by atoms with van der Waals surface area (Å²) < 4.78 is 25.7. The van der Waals surface area contributed by atoms with Crippen molar-refractivity contribution in [2.45, 2.75) is 25.4 Å². The maximum Gasteiger partial charge on any atom is 0.337 e. The van der Waals surface area contributed by atoms with Crippen LogP contribution in [0.4, 0.5) is 8.78 Å². The fourth-order valence-electron chi connectivity index (χ4n) is 1.75. The van der Waals surface area contributed by atoms with E-state index in [1.165, 1.54) is 18.2 Å². The summed E-state index contributed by atoms with van der Waals surface area (Å²) in [5.74, 6) is -1.19. The molecule has 1 atom stereocenters. The standard InChI is InChI=1S/C12H13ClF2O3/c13-6-2-5-7-8(10(16)12(17)18)3-1-4-9(7)11(14)15/h1,3-4,10-11,16H,2,5-6H2,(H,17,18). The third kappa shape index (κ3) is 3.40. The SMILES string of the molecule is O=C(O)C(O)c1cccc(C(F)F)c1CCCCl. The first-order chi connectivity index (χ1) is 8.49. The first-order valence-corrected chi connectivity index (χ1v) is 5.89. The monoisotopic (exact) mass is 278 g/mol. The maximum atomic E-state index is 12.8. The molecule has 1 aromatic rings. The highest BCUT2D eigenvalue weighted by atomic mass is 35.5. The zero-order valence-corrected chi connectivity index (χ0v) is 10.2. The minimum atomic E-state index is -2.71. The van der Waals surface area contributed by atoms with E-state index < -0.39 is 18.5 Å². The van der Waals surface area contributed by atoms with E-state index in [-0.39, 0.29) is 29.0 Å². The highest BCUT2D eigenvalue weighted by molar-refractivity contribution is 6.17. The van der Waals surface area contributed by atoms with E-state index in [2.05, 4.69) is 0 Å². The Bertz CT molecular complexity index is 424. The summed E-state index contributed by atoms with van der Waals surface area (Å²) in [6.07, 6.45) is -3.86. The van der Waals surface area contributed by atoms with Crippen molar-refractivity contribution in [3.05, 3.63) is 34.9 Å². The van der Waals surface area contributed by atoms with Crippen LogP contribution in [0.5, 0.6) is 0 Å². The van der Waals surface area contributed by atoms with Gasteiger partial charge in [-0.2, -0.15) is 0 Å². The number of rotatable bonds is 6. The van der Waals surface area contributed by atoms with Gasteiger partial charge in [-0.05, 0) is 24.0 Å². The van der Waals surface area contributed by atoms with Gasteiger partial charge in [-0.3, -0.25) is 0 Å². The smallest absolute Gasteiger partial charge is 0.337 e. The number of hydrogen-bond acceptors (Lipinski definition) is 2. The van der Waals surface area contributed by atoms with Gasteiger partial charge >= 0.3 is 5.97 Å². The van der Waals surface area contributed by atoms with Gasteiger partial charge in [-0.25, -0.2) is 13.6 Å². The molecule has 0 aliphatic rings. The molecule has 0 aliphatic carbocycles. The van der Waals surface area contributed by atoms with Crippen molar-refractivity contribution in [1.29, 1.82) is 0 Å². The summed E-state index contributed by atoms with van der Waals surface area (Å²) in [4.78, 5) is 10.7. The number of aliphatic hydroxyl groups excluding tert-OH is 1. The minimum Gasteiger partial charge on any atom is -0.479 e. The second kappa shape index (κ2) is 6.66. The number of carbonyl (C=O) groups is 1. The third-order valence-corrected chi connectivity index (χ3v) is 2.84. The summed E-state index contributed by atoms with van der Waals surface area (Å²) in [6.45, 7) is 0. The molecule has 1 rings (SSSR count). The van der Waals surface area contributed by atoms with Gasteiger partial charge in [-0.15, -0.1) is 11.6 Å². The molecule has 0 aliphatic heterocycles. The van der Waals surface area contributed by atoms with Crippen molar-refractivity contribution in [2.75, 3.05) is 5.88 Å². The van der Waals surface area contributed by atoms with E-state index in [9.17, 15) is 18.7 Å². The number of hydrogen-bond donors (Lipinski definition) is 2. The fraction of sp³-hybridized carbons (Fsp3) is 0.417. The minimum absolute atomic E-state index is 0.00502. The number of aliphatic carboxylic acids is 1. The van der Waals surface area contributed by atoms with Gasteiger partial charge in [-0.1, -0.05) is 18.2 Å². The number of carboxylic acid groups (broad SMARTS) is 1. The van der Waals surface area contributed by atoms with Crippen LogP contribution < -0.4 is 0 Å². The van der Waals surface area contributed by atoms with E-state index in [0.29, 0.717) is 6.42 Å². The molecular weight excluding hydrogens is 266 g/mol. The zero-order valence-electron chi connectivity index (χ0n) is 9.44. The van der Waals surface area contributed by atoms with Crippen LogP contribution in [0.2, 0.25) is 0 Å². The molecule has 18 heavy (non-hydrogen) atoms. The van der Waals surface area contributed by atoms with Crippen LogP contribution >= 0.6 is 11.6 Å². The zero-order chi connectivity index (χ0) is 13.7. The van der Waals surface area contributed by atoms with Crippen LogP contribution in [0.15, 0.2) is 18.2 Å². The molecule has 100 valence electrons. The van der Waals surface area contributed by atoms with Crippen LogP contribution in [0.1, 0.15) is 35.6 Å². The number of aliphatic hydroxyl groups is 1. The summed E-state index contributed by atoms with van der Waals surface area (Å²) >= 11 is 5.51. The Morgan fingerprint density at radius 1 is 1.33 bits per heavy atom. The number of benzene rings is 1. The second-order valence-electron chi connectivity index (χ2n) is 3.75. The lowest BCUT2D eigenvalue weighted by Gasteiger charge is -2.16. The van der Waals surface area contributed by atoms with Crippen molar-refractivity contribution in [2.24, 2.45) is 0 Å². The molecule has 6 heteroatoms. The molecule has 0 spiro atoms. The van der Waals surface area contributed by atoms with Crippen LogP contribution in [0, 0.1) is 0 Å². The molecular formula is C12H13ClF2O3. The van der Waals surface area contributed by atoms with Crippen molar-refractivity contribution in [1.82, 2.24) is 0 Å². The van der Waals surface area contributed by atoms with E-state index in [4.69, 9.17) is 16.7 Å². The van der Waals surface area contributed by atoms with Crippen molar-refractivity contribution in [3.8, 4) is 0 Å². The highest BCUT2D eigenvalue weighted by Crippen LogP contribution is 2.30. The summed E-state index contributed by atoms with van der Waals surface area (Å²) in [6, 6.07) is 3.88. The molecule has 0 saturated carbocycles. The molecule has 0 bridgehead atoms. The predicted molar refractivity (Wildman–Crippen MR) is 63.0 cm³/mol. The highest BCUT2D eigenvalue weighted by Gasteiger charge is 2.23. The fourth-order valence-corrected chi connectivity index (χ4v) is 1.88. The van der Waals surface area contributed by atoms with E-state index in [1.54, 1.807) is 0 Å². The molecule has 3 nitrogen and oxygen atoms in total. The molecule has 1 unspecified atom stereocenters. The average molecular weight is 279 g/mol. The van der Waals surface area contributed by atoms with E-state index in [1.807, 2.05) is 0 Å². The largest absolute Gasteiger partial charge is 0.479 e. The van der Waals surface area contributed by atoms with Crippen LogP contribution in [-0.4, -0.2) is 22.1 Å². The molecule has 1 aromatic carbocycles. The molecule has 0 aromatic heterocycles. The van der Waals surface area contributed by atoms with Gasteiger partial charge in [0, 0.05) is 11.4 Å². The van der Waals surface area contributed by atoms with Gasteiger partial charge < -0.3 is 10.2 Å². The number of alkyl halides is 3. The Kier molecular flexibility index (Phi) is 5.50. The molecule has 2 N–H and O–H groups in total. The average Bonchev–Trinajstić information content (AvgIpc) is 2.34. The third-order valence-electron chi connectivity index (χ3n) is 2.57. The predicted octanol–water partition coefficient (Wildman–Crippen LogP) is 2.91. The molecule has 0 amide bonds. The van der Waals surface area contributed by atoms with E-state index >= 15 is 0 Å². The number of carboxylic acids is 1. The van der Waals surface area contributed by atoms with Crippen LogP contribution in [0.25, 0.3) is 0 Å². The van der Waals surface area contributed by atoms with Gasteiger partial charge in [0.1, 0.15) is 0 Å². The van der Waals surface area contributed by atoms with Gasteiger partial charge in [0.05, 0.1) is 0 Å². The Hall–Kier alpha value is -1.20. The Labute approximate surface area is 108 Å². The van der Waals surface area contributed by atoms with Crippen molar-refractivity contribution >= 4 is 17.6 Å². The van der Waals surface area contributed by atoms with Crippen LogP contribution in [-0.2, 0) is 11.2 Å². The van der Waals surface area contributed by atoms with E-state index in [0.717, 1.165) is 0 Å². The molecule has 0 heterocycles. The first kappa shape index (κ1) is 14.9. The summed E-state index contributed by atoms with van der Waals surface area (Å²) in [5, 5.41) is 18.3. The normalized spacial score (nSPS) is 12.7. The second-order valence-corrected chi connectivity index (χ2v) is 4.13. The van der Waals surface area contributed by atoms with Crippen LogP contribution in [0.3, 0.4) is 0 Å². The van der Waals surface area contributed by atoms with Gasteiger partial charge in [0.2, 0.25) is 0 Å². The van der Waals surface area contributed by atoms with Crippen molar-refractivity contribution < 1.29 is 23.8 Å². The summed E-state index contributed by atoms with van der Waals surface area (Å²) in [7, 11) is 0. The Balaban J connectivity index is 3.22.